The van der Waals surface area contributed by atoms with Crippen LogP contribution >= 0.6 is 0 Å². The monoisotopic (exact) mass is 270 g/mol. The van der Waals surface area contributed by atoms with Gasteiger partial charge in [-0.15, -0.1) is 0 Å². The Kier molecular flexibility index (Phi) is 4.55. The minimum atomic E-state index is -0.000635. The molecule has 5 heteroatoms. The van der Waals surface area contributed by atoms with E-state index in [2.05, 4.69) is 17.1 Å². The number of fused-ring (bicyclic) bond motifs is 1. The Bertz CT molecular complexity index is 583. The van der Waals surface area contributed by atoms with Crippen molar-refractivity contribution in [1.82, 2.24) is 4.98 Å². The van der Waals surface area contributed by atoms with E-state index in [4.69, 9.17) is 5.11 Å². The minimum absolute atomic E-state index is 0.000635. The topological polar surface area (TPSA) is 83.9 Å². The molecular weight excluding hydrogens is 252 g/mol. The van der Waals surface area contributed by atoms with E-state index in [0.717, 1.165) is 36.9 Å². The molecule has 0 amide bonds. The van der Waals surface area contributed by atoms with Crippen LogP contribution in [0.2, 0.25) is 0 Å². The summed E-state index contributed by atoms with van der Waals surface area (Å²) < 4.78 is 0. The molecule has 0 radical (unpaired) electrons. The second-order valence-corrected chi connectivity index (χ2v) is 4.84. The van der Waals surface area contributed by atoms with Gasteiger partial charge in [-0.3, -0.25) is 0 Å². The quantitative estimate of drug-likeness (QED) is 0.896. The third kappa shape index (κ3) is 2.45. The summed E-state index contributed by atoms with van der Waals surface area (Å²) >= 11 is 0. The van der Waals surface area contributed by atoms with Crippen molar-refractivity contribution >= 4 is 5.82 Å². The molecule has 20 heavy (non-hydrogen) atoms. The molecule has 2 rings (SSSR count). The van der Waals surface area contributed by atoms with E-state index in [1.807, 2.05) is 11.8 Å². The highest BCUT2D eigenvalue weighted by molar-refractivity contribution is 5.65. The fraction of sp³-hybridized carbons (Fsp3) is 0.533. The number of aryl methyl sites for hydroxylation is 1. The predicted octanol–water partition coefficient (Wildman–Crippen LogP) is 1.52. The van der Waals surface area contributed by atoms with Crippen molar-refractivity contribution in [3.8, 4) is 12.1 Å². The highest BCUT2D eigenvalue weighted by Crippen LogP contribution is 2.30. The van der Waals surface area contributed by atoms with Crippen LogP contribution in [0.25, 0.3) is 0 Å². The van der Waals surface area contributed by atoms with Gasteiger partial charge in [-0.05, 0) is 38.2 Å². The first-order chi connectivity index (χ1) is 9.76. The van der Waals surface area contributed by atoms with Gasteiger partial charge >= 0.3 is 0 Å². The highest BCUT2D eigenvalue weighted by atomic mass is 16.3. The molecule has 1 aromatic heterocycles. The number of nitrogens with zero attached hydrogens (tertiary/aromatic N) is 4. The van der Waals surface area contributed by atoms with Crippen LogP contribution in [0.3, 0.4) is 0 Å². The number of hydrogen-bond acceptors (Lipinski definition) is 5. The largest absolute Gasteiger partial charge is 0.395 e. The Morgan fingerprint density at radius 3 is 2.50 bits per heavy atom. The summed E-state index contributed by atoms with van der Waals surface area (Å²) in [6.07, 6.45) is 3.80. The number of aliphatic hydroxyl groups excluding tert-OH is 1. The van der Waals surface area contributed by atoms with Crippen molar-refractivity contribution in [3.05, 3.63) is 22.4 Å². The van der Waals surface area contributed by atoms with Crippen LogP contribution in [0.1, 0.15) is 42.1 Å². The molecule has 0 spiro atoms. The molecule has 0 aliphatic heterocycles. The van der Waals surface area contributed by atoms with Gasteiger partial charge in [0.1, 0.15) is 23.5 Å². The van der Waals surface area contributed by atoms with E-state index >= 15 is 0 Å². The van der Waals surface area contributed by atoms with Crippen molar-refractivity contribution in [1.29, 1.82) is 10.5 Å². The smallest absolute Gasteiger partial charge is 0.148 e. The third-order valence-corrected chi connectivity index (χ3v) is 3.73. The van der Waals surface area contributed by atoms with Gasteiger partial charge in [0.05, 0.1) is 12.2 Å². The maximum absolute atomic E-state index is 9.42. The van der Waals surface area contributed by atoms with Gasteiger partial charge < -0.3 is 10.0 Å². The fourth-order valence-electron chi connectivity index (χ4n) is 2.72. The Hall–Kier alpha value is -2.11. The Balaban J connectivity index is 2.63. The third-order valence-electron chi connectivity index (χ3n) is 3.73. The zero-order valence-electron chi connectivity index (χ0n) is 11.7. The molecule has 1 N–H and O–H groups in total. The maximum Gasteiger partial charge on any atom is 0.148 e. The lowest BCUT2D eigenvalue weighted by molar-refractivity contribution is 0.302. The van der Waals surface area contributed by atoms with Gasteiger partial charge in [0.2, 0.25) is 0 Å². The summed E-state index contributed by atoms with van der Waals surface area (Å²) in [6.45, 7) is 3.01. The summed E-state index contributed by atoms with van der Waals surface area (Å²) in [5.74, 6) is 0.543. The number of rotatable bonds is 4. The second-order valence-electron chi connectivity index (χ2n) is 4.84. The fourth-order valence-corrected chi connectivity index (χ4v) is 2.72. The van der Waals surface area contributed by atoms with E-state index in [-0.39, 0.29) is 6.61 Å². The summed E-state index contributed by atoms with van der Waals surface area (Å²) in [7, 11) is 0. The maximum atomic E-state index is 9.42. The summed E-state index contributed by atoms with van der Waals surface area (Å²) in [5, 5.41) is 28.0. The van der Waals surface area contributed by atoms with Gasteiger partial charge in [-0.1, -0.05) is 0 Å². The van der Waals surface area contributed by atoms with Crippen molar-refractivity contribution in [2.45, 2.75) is 32.6 Å². The Labute approximate surface area is 119 Å². The van der Waals surface area contributed by atoms with Crippen LogP contribution in [-0.2, 0) is 12.8 Å². The number of aromatic nitrogens is 1. The minimum Gasteiger partial charge on any atom is -0.395 e. The number of hydrogen-bond donors (Lipinski definition) is 1. The van der Waals surface area contributed by atoms with E-state index in [0.29, 0.717) is 30.0 Å². The number of aliphatic hydroxyl groups is 1. The molecular formula is C15H18N4O. The van der Waals surface area contributed by atoms with Gasteiger partial charge in [-0.25, -0.2) is 4.98 Å². The molecule has 104 valence electrons. The van der Waals surface area contributed by atoms with E-state index in [9.17, 15) is 10.5 Å². The van der Waals surface area contributed by atoms with Gasteiger partial charge in [0.25, 0.3) is 0 Å². The first-order valence-corrected chi connectivity index (χ1v) is 6.98. The zero-order valence-corrected chi connectivity index (χ0v) is 11.7. The van der Waals surface area contributed by atoms with Crippen LogP contribution in [0.15, 0.2) is 0 Å². The number of nitriles is 2. The highest BCUT2D eigenvalue weighted by Gasteiger charge is 2.23. The molecule has 1 heterocycles. The molecule has 0 bridgehead atoms. The lowest BCUT2D eigenvalue weighted by Crippen LogP contribution is -2.29. The molecule has 1 aromatic rings. The summed E-state index contributed by atoms with van der Waals surface area (Å²) in [4.78, 5) is 6.48. The number of likely N-dealkylation sites (N-methyl/N-ethyl adjacent to an activating group) is 1. The van der Waals surface area contributed by atoms with Crippen LogP contribution in [0.4, 0.5) is 5.82 Å². The molecule has 1 aliphatic carbocycles. The normalized spacial score (nSPS) is 13.2. The molecule has 0 saturated heterocycles. The van der Waals surface area contributed by atoms with Gasteiger partial charge in [-0.2, -0.15) is 10.5 Å². The Morgan fingerprint density at radius 2 is 1.90 bits per heavy atom. The number of anilines is 1. The lowest BCUT2D eigenvalue weighted by atomic mass is 9.90. The molecule has 5 nitrogen and oxygen atoms in total. The van der Waals surface area contributed by atoms with E-state index in [1.165, 1.54) is 0 Å². The lowest BCUT2D eigenvalue weighted by Gasteiger charge is -2.25. The molecule has 0 aromatic carbocycles. The Morgan fingerprint density at radius 1 is 1.20 bits per heavy atom. The van der Waals surface area contributed by atoms with Crippen molar-refractivity contribution < 1.29 is 5.11 Å². The van der Waals surface area contributed by atoms with Crippen LogP contribution in [0, 0.1) is 22.7 Å². The second kappa shape index (κ2) is 6.36. The van der Waals surface area contributed by atoms with Gasteiger partial charge in [0, 0.05) is 18.8 Å². The number of pyridine rings is 1. The molecule has 0 fully saturated rings. The van der Waals surface area contributed by atoms with Crippen molar-refractivity contribution in [2.75, 3.05) is 24.6 Å². The van der Waals surface area contributed by atoms with Crippen molar-refractivity contribution in [2.24, 2.45) is 0 Å². The summed E-state index contributed by atoms with van der Waals surface area (Å²) in [5.41, 5.74) is 2.71. The van der Waals surface area contributed by atoms with Crippen LogP contribution in [-0.4, -0.2) is 29.8 Å². The SMILES string of the molecule is CCN(CCO)c1nc2c(c(C#N)c1C#N)CCCC2. The average molecular weight is 270 g/mol. The molecule has 1 aliphatic rings. The van der Waals surface area contributed by atoms with Crippen LogP contribution < -0.4 is 4.90 Å². The van der Waals surface area contributed by atoms with Gasteiger partial charge in [0.15, 0.2) is 0 Å². The zero-order chi connectivity index (χ0) is 14.5. The molecule has 0 atom stereocenters. The van der Waals surface area contributed by atoms with Crippen molar-refractivity contribution in [3.63, 3.8) is 0 Å². The average Bonchev–Trinajstić information content (AvgIpc) is 2.50. The standard InChI is InChI=1S/C15H18N4O/c1-2-19(7-8-20)15-13(10-17)12(9-16)11-5-3-4-6-14(11)18-15/h20H,2-8H2,1H3. The first kappa shape index (κ1) is 14.3. The predicted molar refractivity (Wildman–Crippen MR) is 75.3 cm³/mol. The van der Waals surface area contributed by atoms with E-state index < -0.39 is 0 Å². The molecule has 0 unspecified atom stereocenters. The molecule has 0 saturated carbocycles. The van der Waals surface area contributed by atoms with E-state index in [1.54, 1.807) is 0 Å². The van der Waals surface area contributed by atoms with Crippen LogP contribution in [0.5, 0.6) is 0 Å². The summed E-state index contributed by atoms with van der Waals surface area (Å²) in [6, 6.07) is 4.31. The first-order valence-electron chi connectivity index (χ1n) is 6.98.